The van der Waals surface area contributed by atoms with E-state index in [2.05, 4.69) is 20.6 Å². The van der Waals surface area contributed by atoms with Gasteiger partial charge in [-0.15, -0.1) is 0 Å². The van der Waals surface area contributed by atoms with Crippen molar-refractivity contribution in [2.45, 2.75) is 51.7 Å². The summed E-state index contributed by atoms with van der Waals surface area (Å²) >= 11 is 6.14. The van der Waals surface area contributed by atoms with Crippen LogP contribution >= 0.6 is 11.6 Å². The number of carbonyl (C=O) groups excluding carboxylic acids is 2. The van der Waals surface area contributed by atoms with Crippen LogP contribution in [-0.4, -0.2) is 62.8 Å². The molecule has 1 atom stereocenters. The molecular weight excluding hydrogens is 522 g/mol. The third-order valence-corrected chi connectivity index (χ3v) is 7.25. The van der Waals surface area contributed by atoms with Crippen LogP contribution in [0.4, 0.5) is 16.2 Å². The Morgan fingerprint density at radius 2 is 2.10 bits per heavy atom. The van der Waals surface area contributed by atoms with Gasteiger partial charge in [-0.25, -0.2) is 4.79 Å². The van der Waals surface area contributed by atoms with Crippen LogP contribution in [0, 0.1) is 0 Å². The van der Waals surface area contributed by atoms with Gasteiger partial charge in [0.15, 0.2) is 5.75 Å². The van der Waals surface area contributed by atoms with E-state index in [0.29, 0.717) is 53.5 Å². The Bertz CT molecular complexity index is 1430. The molecule has 10 nitrogen and oxygen atoms in total. The molecule has 0 aliphatic carbocycles. The predicted molar refractivity (Wildman–Crippen MR) is 148 cm³/mol. The first kappa shape index (κ1) is 26.7. The van der Waals surface area contributed by atoms with Gasteiger partial charge in [-0.3, -0.25) is 14.7 Å². The van der Waals surface area contributed by atoms with Gasteiger partial charge in [-0.2, -0.15) is 0 Å². The number of aromatic nitrogens is 2. The van der Waals surface area contributed by atoms with Crippen molar-refractivity contribution in [3.05, 3.63) is 52.9 Å². The van der Waals surface area contributed by atoms with Gasteiger partial charge in [-0.05, 0) is 52.3 Å². The average Bonchev–Trinajstić information content (AvgIpc) is 3.23. The van der Waals surface area contributed by atoms with E-state index in [0.717, 1.165) is 12.1 Å². The number of H-pyrrole nitrogens is 1. The lowest BCUT2D eigenvalue weighted by atomic mass is 9.88. The molecule has 3 aromatic rings. The number of pyridine rings is 1. The van der Waals surface area contributed by atoms with Crippen molar-refractivity contribution in [2.75, 3.05) is 25.0 Å². The number of anilines is 2. The van der Waals surface area contributed by atoms with E-state index in [4.69, 9.17) is 21.1 Å². The zero-order valence-corrected chi connectivity index (χ0v) is 23.1. The van der Waals surface area contributed by atoms with E-state index < -0.39 is 11.1 Å². The lowest BCUT2D eigenvalue weighted by Crippen LogP contribution is -2.63. The first-order valence-corrected chi connectivity index (χ1v) is 13.2. The third kappa shape index (κ3) is 5.21. The number of phenolic OH excluding ortho intramolecular Hbond substituents is 1. The minimum absolute atomic E-state index is 0.123. The largest absolute Gasteiger partial charge is 0.504 e. The minimum Gasteiger partial charge on any atom is -0.504 e. The molecule has 39 heavy (non-hydrogen) atoms. The van der Waals surface area contributed by atoms with E-state index in [-0.39, 0.29) is 29.4 Å². The summed E-state index contributed by atoms with van der Waals surface area (Å²) < 4.78 is 11.9. The van der Waals surface area contributed by atoms with Crippen LogP contribution < -0.4 is 15.4 Å². The van der Waals surface area contributed by atoms with E-state index in [1.807, 2.05) is 27.7 Å². The number of amides is 2. The van der Waals surface area contributed by atoms with Gasteiger partial charge in [-0.1, -0.05) is 17.7 Å². The lowest BCUT2D eigenvalue weighted by Gasteiger charge is -2.49. The molecule has 1 fully saturated rings. The molecule has 2 amide bonds. The van der Waals surface area contributed by atoms with Crippen molar-refractivity contribution < 1.29 is 24.2 Å². The summed E-state index contributed by atoms with van der Waals surface area (Å²) in [6.07, 6.45) is 4.25. The Hall–Kier alpha value is -3.92. The number of rotatable bonds is 6. The summed E-state index contributed by atoms with van der Waals surface area (Å²) in [5.74, 6) is 0.129. The second-order valence-corrected chi connectivity index (χ2v) is 11.4. The van der Waals surface area contributed by atoms with E-state index in [1.165, 1.54) is 0 Å². The molecular formula is C28H32ClN5O5. The summed E-state index contributed by atoms with van der Waals surface area (Å²) in [5, 5.41) is 16.8. The molecule has 0 bridgehead atoms. The first-order valence-electron chi connectivity index (χ1n) is 12.8. The molecule has 0 saturated carbocycles. The van der Waals surface area contributed by atoms with E-state index in [9.17, 15) is 14.7 Å². The monoisotopic (exact) mass is 553 g/mol. The number of carbonyl (C=O) groups is 2. The summed E-state index contributed by atoms with van der Waals surface area (Å²) in [7, 11) is 0. The molecule has 2 aliphatic heterocycles. The Morgan fingerprint density at radius 1 is 1.31 bits per heavy atom. The van der Waals surface area contributed by atoms with Crippen LogP contribution in [0.5, 0.6) is 11.5 Å². The smallest absolute Gasteiger partial charge is 0.410 e. The van der Waals surface area contributed by atoms with Crippen molar-refractivity contribution in [1.29, 1.82) is 0 Å². The number of aromatic amines is 1. The fraction of sp³-hybridized carbons (Fsp3) is 0.393. The maximum atomic E-state index is 12.9. The number of aromatic hydroxyl groups is 1. The van der Waals surface area contributed by atoms with Crippen LogP contribution in [0.3, 0.4) is 0 Å². The molecule has 1 aromatic carbocycles. The fourth-order valence-corrected chi connectivity index (χ4v) is 4.95. The SMILES string of the molecule is CC(C)(C)OC(=O)N1CCC1(C)COc1cnccc1-c1[nH]c2c(c1Nc1cccc(Cl)c1O)C(=O)NCC2. The first-order chi connectivity index (χ1) is 18.5. The lowest BCUT2D eigenvalue weighted by molar-refractivity contribution is -0.0533. The van der Waals surface area contributed by atoms with Crippen LogP contribution in [0.15, 0.2) is 36.7 Å². The number of ether oxygens (including phenoxy) is 2. The van der Waals surface area contributed by atoms with Gasteiger partial charge in [0, 0.05) is 37.0 Å². The molecule has 4 N–H and O–H groups in total. The molecule has 0 spiro atoms. The van der Waals surface area contributed by atoms with Gasteiger partial charge in [0.1, 0.15) is 18.0 Å². The van der Waals surface area contributed by atoms with Crippen LogP contribution in [-0.2, 0) is 11.2 Å². The van der Waals surface area contributed by atoms with E-state index >= 15 is 0 Å². The molecule has 4 heterocycles. The number of hydrogen-bond donors (Lipinski definition) is 4. The third-order valence-electron chi connectivity index (χ3n) is 6.94. The highest BCUT2D eigenvalue weighted by atomic mass is 35.5. The Kier molecular flexibility index (Phi) is 6.84. The standard InChI is InChI=1S/C28H32ClN5O5/c1-27(2,3)39-26(37)34-13-10-28(34,4)15-38-20-14-30-11-8-16(20)22-23(21-18(32-22)9-12-31-25(21)36)33-19-7-5-6-17(29)24(19)35/h5-8,11,14,32-33,35H,9-10,12-13,15H2,1-4H3,(H,31,36). The number of hydrogen-bond acceptors (Lipinski definition) is 7. The molecule has 11 heteroatoms. The second-order valence-electron chi connectivity index (χ2n) is 11.0. The van der Waals surface area contributed by atoms with Crippen molar-refractivity contribution in [1.82, 2.24) is 20.2 Å². The highest BCUT2D eigenvalue weighted by Gasteiger charge is 2.46. The van der Waals surface area contributed by atoms with Gasteiger partial charge >= 0.3 is 6.09 Å². The topological polar surface area (TPSA) is 129 Å². The number of halogens is 1. The normalized spacial score (nSPS) is 18.6. The Morgan fingerprint density at radius 3 is 2.82 bits per heavy atom. The molecule has 1 saturated heterocycles. The minimum atomic E-state index is -0.592. The summed E-state index contributed by atoms with van der Waals surface area (Å²) in [4.78, 5) is 35.0. The zero-order chi connectivity index (χ0) is 27.9. The van der Waals surface area contributed by atoms with Crippen molar-refractivity contribution in [3.63, 3.8) is 0 Å². The van der Waals surface area contributed by atoms with Crippen LogP contribution in [0.2, 0.25) is 5.02 Å². The molecule has 0 radical (unpaired) electrons. The number of likely N-dealkylation sites (tertiary alicyclic amines) is 1. The summed E-state index contributed by atoms with van der Waals surface area (Å²) in [6.45, 7) is 8.80. The second kappa shape index (κ2) is 10.00. The van der Waals surface area contributed by atoms with Crippen molar-refractivity contribution in [3.8, 4) is 22.8 Å². The maximum absolute atomic E-state index is 12.9. The van der Waals surface area contributed by atoms with Crippen LogP contribution in [0.1, 0.15) is 50.2 Å². The number of para-hydroxylation sites is 1. The number of benzene rings is 1. The molecule has 5 rings (SSSR count). The highest BCUT2D eigenvalue weighted by Crippen LogP contribution is 2.43. The quantitative estimate of drug-likeness (QED) is 0.307. The molecule has 2 aromatic heterocycles. The van der Waals surface area contributed by atoms with Crippen molar-refractivity contribution >= 4 is 35.0 Å². The maximum Gasteiger partial charge on any atom is 0.410 e. The summed E-state index contributed by atoms with van der Waals surface area (Å²) in [5.41, 5.74) is 2.21. The average molecular weight is 554 g/mol. The highest BCUT2D eigenvalue weighted by molar-refractivity contribution is 6.32. The van der Waals surface area contributed by atoms with Crippen molar-refractivity contribution in [2.24, 2.45) is 0 Å². The van der Waals surface area contributed by atoms with Crippen LogP contribution in [0.25, 0.3) is 11.3 Å². The Balaban J connectivity index is 1.47. The fourth-order valence-electron chi connectivity index (χ4n) is 4.78. The predicted octanol–water partition coefficient (Wildman–Crippen LogP) is 5.24. The van der Waals surface area contributed by atoms with Gasteiger partial charge < -0.3 is 30.2 Å². The number of nitrogens with one attached hydrogen (secondary N) is 3. The molecule has 2 aliphatic rings. The number of nitrogens with zero attached hydrogens (tertiary/aromatic N) is 2. The summed E-state index contributed by atoms with van der Waals surface area (Å²) in [6, 6.07) is 6.76. The van der Waals surface area contributed by atoms with Gasteiger partial charge in [0.2, 0.25) is 0 Å². The molecule has 1 unspecified atom stereocenters. The Labute approximate surface area is 231 Å². The van der Waals surface area contributed by atoms with Gasteiger partial charge in [0.25, 0.3) is 5.91 Å². The number of fused-ring (bicyclic) bond motifs is 1. The van der Waals surface area contributed by atoms with E-state index in [1.54, 1.807) is 41.6 Å². The number of phenols is 1. The molecule has 206 valence electrons. The van der Waals surface area contributed by atoms with Gasteiger partial charge in [0.05, 0.1) is 39.4 Å². The zero-order valence-electron chi connectivity index (χ0n) is 22.4.